The predicted octanol–water partition coefficient (Wildman–Crippen LogP) is 4.16. The standard InChI is InChI=1S/C21H28N4O/c1-14-13-22-10-7-19(14)25-21(18-6-5-15-3-2-4-17(15)18)23-20(24-25)16-8-11-26-12-9-16/h7,10,13,15-18H,2-6,8-9,11-12H2,1H3/t15-,17-,18-/m0/s1. The Morgan fingerprint density at radius 1 is 1.08 bits per heavy atom. The Morgan fingerprint density at radius 2 is 1.96 bits per heavy atom. The minimum atomic E-state index is 0.437. The van der Waals surface area contributed by atoms with E-state index in [2.05, 4.69) is 22.7 Å². The zero-order valence-corrected chi connectivity index (χ0v) is 15.6. The molecule has 2 aromatic heterocycles. The average molecular weight is 352 g/mol. The fourth-order valence-electron chi connectivity index (χ4n) is 5.47. The number of aryl methyl sites for hydroxylation is 1. The molecule has 2 aliphatic carbocycles. The van der Waals surface area contributed by atoms with Crippen LogP contribution >= 0.6 is 0 Å². The van der Waals surface area contributed by atoms with Crippen LogP contribution in [0.15, 0.2) is 18.5 Å². The SMILES string of the molecule is Cc1cnccc1-n1nc(C2CCOCC2)nc1[C@H]1CC[C@@H]2CCC[C@@H]21. The monoisotopic (exact) mass is 352 g/mol. The van der Waals surface area contributed by atoms with Crippen molar-refractivity contribution in [2.45, 2.75) is 63.7 Å². The molecule has 3 fully saturated rings. The van der Waals surface area contributed by atoms with Crippen LogP contribution in [0, 0.1) is 18.8 Å². The smallest absolute Gasteiger partial charge is 0.154 e. The fraction of sp³-hybridized carbons (Fsp3) is 0.667. The first kappa shape index (κ1) is 16.4. The molecule has 2 aromatic rings. The number of pyridine rings is 1. The molecule has 0 radical (unpaired) electrons. The zero-order chi connectivity index (χ0) is 17.5. The molecule has 5 nitrogen and oxygen atoms in total. The van der Waals surface area contributed by atoms with E-state index in [1.165, 1.54) is 37.9 Å². The third-order valence-electron chi connectivity index (χ3n) is 6.87. The van der Waals surface area contributed by atoms with E-state index < -0.39 is 0 Å². The third kappa shape index (κ3) is 2.77. The minimum absolute atomic E-state index is 0.437. The first-order valence-electron chi connectivity index (χ1n) is 10.3. The van der Waals surface area contributed by atoms with Crippen molar-refractivity contribution in [1.29, 1.82) is 0 Å². The van der Waals surface area contributed by atoms with Crippen LogP contribution in [-0.2, 0) is 4.74 Å². The molecule has 0 aromatic carbocycles. The predicted molar refractivity (Wildman–Crippen MR) is 99.5 cm³/mol. The first-order chi connectivity index (χ1) is 12.8. The van der Waals surface area contributed by atoms with Crippen molar-refractivity contribution in [3.63, 3.8) is 0 Å². The molecule has 26 heavy (non-hydrogen) atoms. The van der Waals surface area contributed by atoms with Crippen LogP contribution in [0.25, 0.3) is 5.69 Å². The Kier molecular flexibility index (Phi) is 4.27. The second-order valence-corrected chi connectivity index (χ2v) is 8.33. The van der Waals surface area contributed by atoms with Gasteiger partial charge in [-0.3, -0.25) is 4.98 Å². The van der Waals surface area contributed by atoms with Gasteiger partial charge in [0.1, 0.15) is 5.82 Å². The van der Waals surface area contributed by atoms with E-state index in [1.54, 1.807) is 0 Å². The van der Waals surface area contributed by atoms with Gasteiger partial charge in [-0.05, 0) is 62.5 Å². The van der Waals surface area contributed by atoms with E-state index in [1.807, 2.05) is 12.4 Å². The molecule has 5 heteroatoms. The summed E-state index contributed by atoms with van der Waals surface area (Å²) in [6, 6.07) is 2.09. The van der Waals surface area contributed by atoms with Gasteiger partial charge in [-0.25, -0.2) is 9.67 Å². The van der Waals surface area contributed by atoms with E-state index >= 15 is 0 Å². The Balaban J connectivity index is 1.57. The summed E-state index contributed by atoms with van der Waals surface area (Å²) in [5.74, 6) is 4.96. The van der Waals surface area contributed by atoms with Gasteiger partial charge in [0, 0.05) is 37.4 Å². The van der Waals surface area contributed by atoms with Crippen LogP contribution in [-0.4, -0.2) is 33.0 Å². The Hall–Kier alpha value is -1.75. The molecule has 138 valence electrons. The second-order valence-electron chi connectivity index (χ2n) is 8.33. The Morgan fingerprint density at radius 3 is 2.81 bits per heavy atom. The number of rotatable bonds is 3. The zero-order valence-electron chi connectivity index (χ0n) is 15.6. The first-order valence-corrected chi connectivity index (χ1v) is 10.3. The topological polar surface area (TPSA) is 52.8 Å². The highest BCUT2D eigenvalue weighted by Gasteiger charge is 2.42. The molecule has 0 amide bonds. The normalized spacial score (nSPS) is 29.2. The molecule has 1 aliphatic heterocycles. The van der Waals surface area contributed by atoms with Gasteiger partial charge in [-0.1, -0.05) is 12.8 Å². The number of hydrogen-bond acceptors (Lipinski definition) is 4. The lowest BCUT2D eigenvalue weighted by Gasteiger charge is -2.19. The van der Waals surface area contributed by atoms with Gasteiger partial charge < -0.3 is 4.74 Å². The molecule has 5 rings (SSSR count). The summed E-state index contributed by atoms with van der Waals surface area (Å²) in [6.45, 7) is 3.78. The van der Waals surface area contributed by atoms with Crippen molar-refractivity contribution < 1.29 is 4.74 Å². The van der Waals surface area contributed by atoms with E-state index in [-0.39, 0.29) is 0 Å². The van der Waals surface area contributed by atoms with Crippen LogP contribution in [0.1, 0.15) is 74.0 Å². The molecule has 3 heterocycles. The number of hydrogen-bond donors (Lipinski definition) is 0. The van der Waals surface area contributed by atoms with Crippen LogP contribution in [0.4, 0.5) is 0 Å². The maximum atomic E-state index is 5.55. The Bertz CT molecular complexity index is 780. The number of nitrogens with zero attached hydrogens (tertiary/aromatic N) is 4. The van der Waals surface area contributed by atoms with E-state index in [0.29, 0.717) is 11.8 Å². The van der Waals surface area contributed by atoms with Gasteiger partial charge in [-0.15, -0.1) is 0 Å². The Labute approximate surface area is 155 Å². The van der Waals surface area contributed by atoms with Crippen molar-refractivity contribution in [3.8, 4) is 5.69 Å². The lowest BCUT2D eigenvalue weighted by Crippen LogP contribution is -2.15. The van der Waals surface area contributed by atoms with Gasteiger partial charge in [0.25, 0.3) is 0 Å². The highest BCUT2D eigenvalue weighted by atomic mass is 16.5. The quantitative estimate of drug-likeness (QED) is 0.832. The maximum Gasteiger partial charge on any atom is 0.154 e. The molecular formula is C21H28N4O. The van der Waals surface area contributed by atoms with Gasteiger partial charge >= 0.3 is 0 Å². The van der Waals surface area contributed by atoms with Gasteiger partial charge in [0.05, 0.1) is 5.69 Å². The highest BCUT2D eigenvalue weighted by Crippen LogP contribution is 2.51. The summed E-state index contributed by atoms with van der Waals surface area (Å²) >= 11 is 0. The summed E-state index contributed by atoms with van der Waals surface area (Å²) in [7, 11) is 0. The van der Waals surface area contributed by atoms with Crippen LogP contribution < -0.4 is 0 Å². The molecule has 1 saturated heterocycles. The highest BCUT2D eigenvalue weighted by molar-refractivity contribution is 5.38. The van der Waals surface area contributed by atoms with Crippen molar-refractivity contribution >= 4 is 0 Å². The summed E-state index contributed by atoms with van der Waals surface area (Å²) < 4.78 is 7.71. The van der Waals surface area contributed by atoms with E-state index in [0.717, 1.165) is 55.0 Å². The van der Waals surface area contributed by atoms with Gasteiger partial charge in [0.2, 0.25) is 0 Å². The largest absolute Gasteiger partial charge is 0.381 e. The molecule has 3 atom stereocenters. The molecule has 2 saturated carbocycles. The summed E-state index contributed by atoms with van der Waals surface area (Å²) in [5, 5.41) is 5.05. The minimum Gasteiger partial charge on any atom is -0.381 e. The molecule has 3 aliphatic rings. The van der Waals surface area contributed by atoms with Crippen molar-refractivity contribution in [1.82, 2.24) is 19.7 Å². The van der Waals surface area contributed by atoms with E-state index in [9.17, 15) is 0 Å². The maximum absolute atomic E-state index is 5.55. The van der Waals surface area contributed by atoms with Crippen molar-refractivity contribution in [2.24, 2.45) is 11.8 Å². The molecule has 0 bridgehead atoms. The molecule has 0 spiro atoms. The van der Waals surface area contributed by atoms with Crippen LogP contribution in [0.3, 0.4) is 0 Å². The molecule has 0 unspecified atom stereocenters. The van der Waals surface area contributed by atoms with Crippen LogP contribution in [0.5, 0.6) is 0 Å². The summed E-state index contributed by atoms with van der Waals surface area (Å²) in [4.78, 5) is 9.44. The number of aromatic nitrogens is 4. The lowest BCUT2D eigenvalue weighted by molar-refractivity contribution is 0.0836. The van der Waals surface area contributed by atoms with Crippen molar-refractivity contribution in [2.75, 3.05) is 13.2 Å². The van der Waals surface area contributed by atoms with Crippen LogP contribution in [0.2, 0.25) is 0 Å². The molecular weight excluding hydrogens is 324 g/mol. The number of ether oxygens (including phenoxy) is 1. The fourth-order valence-corrected chi connectivity index (χ4v) is 5.47. The van der Waals surface area contributed by atoms with E-state index in [4.69, 9.17) is 14.8 Å². The van der Waals surface area contributed by atoms with Gasteiger partial charge in [-0.2, -0.15) is 5.10 Å². The van der Waals surface area contributed by atoms with Crippen molar-refractivity contribution in [3.05, 3.63) is 35.7 Å². The van der Waals surface area contributed by atoms with Gasteiger partial charge in [0.15, 0.2) is 5.82 Å². The lowest BCUT2D eigenvalue weighted by atomic mass is 9.91. The third-order valence-corrected chi connectivity index (χ3v) is 6.87. The second kappa shape index (κ2) is 6.76. The molecule has 0 N–H and O–H groups in total. The summed E-state index contributed by atoms with van der Waals surface area (Å²) in [6.07, 6.45) is 12.7. The summed E-state index contributed by atoms with van der Waals surface area (Å²) in [5.41, 5.74) is 2.31. The average Bonchev–Trinajstić information content (AvgIpc) is 3.38. The number of fused-ring (bicyclic) bond motifs is 1.